The van der Waals surface area contributed by atoms with E-state index in [0.29, 0.717) is 17.0 Å². The minimum Gasteiger partial charge on any atom is -0.367 e. The highest BCUT2D eigenvalue weighted by Gasteiger charge is 2.08. The average Bonchev–Trinajstić information content (AvgIpc) is 2.77. The summed E-state index contributed by atoms with van der Waals surface area (Å²) in [4.78, 5) is 6.20. The summed E-state index contributed by atoms with van der Waals surface area (Å²) in [7, 11) is 1.66. The van der Waals surface area contributed by atoms with Gasteiger partial charge in [-0.05, 0) is 68.0 Å². The minimum absolute atomic E-state index is 0.318. The van der Waals surface area contributed by atoms with E-state index in [-0.39, 0.29) is 0 Å². The summed E-state index contributed by atoms with van der Waals surface area (Å²) >= 11 is 0. The van der Waals surface area contributed by atoms with Crippen molar-refractivity contribution >= 4 is 68.6 Å². The van der Waals surface area contributed by atoms with Gasteiger partial charge in [-0.15, -0.1) is 4.26 Å². The second-order valence-electron chi connectivity index (χ2n) is 6.95. The molecule has 6 rings (SSSR count). The number of fused-ring (bicyclic) bond motifs is 5. The molecule has 7 heteroatoms. The van der Waals surface area contributed by atoms with Crippen LogP contribution in [0.5, 0.6) is 5.75 Å². The number of aromatic nitrogens is 3. The van der Waals surface area contributed by atoms with Gasteiger partial charge in [0.1, 0.15) is 8.51 Å². The van der Waals surface area contributed by atoms with Crippen LogP contribution in [0.15, 0.2) is 78.9 Å². The summed E-state index contributed by atoms with van der Waals surface area (Å²) < 4.78 is 9.46. The molecule has 0 amide bonds. The van der Waals surface area contributed by atoms with Gasteiger partial charge in [-0.2, -0.15) is 4.51 Å². The second kappa shape index (κ2) is 6.94. The summed E-state index contributed by atoms with van der Waals surface area (Å²) in [6, 6.07) is 28.3. The Labute approximate surface area is 171 Å². The van der Waals surface area contributed by atoms with E-state index in [1.54, 1.807) is 0 Å². The van der Waals surface area contributed by atoms with Gasteiger partial charge < -0.3 is 4.84 Å². The zero-order chi connectivity index (χ0) is 19.2. The van der Waals surface area contributed by atoms with E-state index >= 15 is 0 Å². The summed E-state index contributed by atoms with van der Waals surface area (Å²) in [6.45, 7) is 0. The molecule has 6 aromatic rings. The first-order valence-corrected chi connectivity index (χ1v) is 12.0. The molecule has 4 nitrogen and oxygen atoms in total. The highest BCUT2D eigenvalue weighted by atomic mass is 31.1. The first-order valence-electron chi connectivity index (χ1n) is 9.27. The van der Waals surface area contributed by atoms with Crippen LogP contribution in [0.3, 0.4) is 0 Å². The highest BCUT2D eigenvalue weighted by Crippen LogP contribution is 2.35. The number of benzene rings is 5. The van der Waals surface area contributed by atoms with Gasteiger partial charge in [0.15, 0.2) is 5.75 Å². The van der Waals surface area contributed by atoms with Gasteiger partial charge in [-0.25, -0.2) is 0 Å². The Kier molecular flexibility index (Phi) is 4.10. The summed E-state index contributed by atoms with van der Waals surface area (Å²) in [5, 5.41) is 9.87. The first-order chi connectivity index (χ1) is 14.3. The average molecular weight is 431 g/mol. The van der Waals surface area contributed by atoms with E-state index in [9.17, 15) is 0 Å². The largest absolute Gasteiger partial charge is 0.367 e. The molecule has 2 atom stereocenters. The Hall–Kier alpha value is -2.76. The van der Waals surface area contributed by atoms with Gasteiger partial charge in [0.2, 0.25) is 0 Å². The smallest absolute Gasteiger partial charge is 0.164 e. The summed E-state index contributed by atoms with van der Waals surface area (Å²) in [6.07, 6.45) is 0. The van der Waals surface area contributed by atoms with Crippen molar-refractivity contribution in [1.29, 1.82) is 0 Å². The fraction of sp³-hybridized carbons (Fsp3) is 0. The third-order valence-electron chi connectivity index (χ3n) is 5.24. The number of hydrogen-bond acceptors (Lipinski definition) is 2. The standard InChI is InChI=1S/C22H16N3OP3/c1-2-5-15-12-19-17(10-14(15)4-1)8-9-18-11-16-6-3-7-22(21(16)13-20(18)19)26-25-28-23-27-24-29-25/h1-13,28-29H,(H,23,24). The van der Waals surface area contributed by atoms with Gasteiger partial charge in [-0.1, -0.05) is 48.5 Å². The molecule has 0 spiro atoms. The summed E-state index contributed by atoms with van der Waals surface area (Å²) in [5.74, 6) is 0.873. The van der Waals surface area contributed by atoms with Crippen LogP contribution in [-0.2, 0) is 0 Å². The van der Waals surface area contributed by atoms with Crippen molar-refractivity contribution < 1.29 is 4.84 Å². The van der Waals surface area contributed by atoms with Gasteiger partial charge in [0, 0.05) is 5.39 Å². The molecule has 0 aliphatic heterocycles. The zero-order valence-corrected chi connectivity index (χ0v) is 18.1. The number of nitrogens with one attached hydrogen (secondary N) is 1. The Bertz CT molecular complexity index is 1540. The van der Waals surface area contributed by atoms with E-state index in [1.807, 2.05) is 10.3 Å². The predicted octanol–water partition coefficient (Wildman–Crippen LogP) is 7.43. The molecule has 0 aliphatic carbocycles. The van der Waals surface area contributed by atoms with Crippen molar-refractivity contribution in [3.8, 4) is 5.75 Å². The molecular weight excluding hydrogens is 415 g/mol. The van der Waals surface area contributed by atoms with E-state index in [2.05, 4.69) is 81.8 Å². The molecule has 1 N–H and O–H groups in total. The van der Waals surface area contributed by atoms with Crippen LogP contribution in [0, 0.1) is 0 Å². The van der Waals surface area contributed by atoms with Crippen LogP contribution in [0.25, 0.3) is 43.1 Å². The maximum Gasteiger partial charge on any atom is 0.164 e. The molecule has 1 heterocycles. The third kappa shape index (κ3) is 3.02. The third-order valence-corrected chi connectivity index (χ3v) is 8.00. The van der Waals surface area contributed by atoms with Gasteiger partial charge in [0.25, 0.3) is 0 Å². The molecule has 0 bridgehead atoms. The van der Waals surface area contributed by atoms with Crippen molar-refractivity contribution in [2.45, 2.75) is 0 Å². The van der Waals surface area contributed by atoms with Crippen LogP contribution in [0.4, 0.5) is 0 Å². The van der Waals surface area contributed by atoms with Crippen LogP contribution in [-0.4, -0.2) is 13.3 Å². The number of aromatic amines is 1. The van der Waals surface area contributed by atoms with E-state index in [4.69, 9.17) is 4.84 Å². The number of hydrogen-bond donors (Lipinski definition) is 1. The SMILES string of the molecule is c1ccc2cc3c(ccc4cc5cccc(On6[pH]np[nH][pH]6)c5cc43)cc2c1. The lowest BCUT2D eigenvalue weighted by atomic mass is 9.96. The van der Waals surface area contributed by atoms with Crippen molar-refractivity contribution in [2.75, 3.05) is 0 Å². The van der Waals surface area contributed by atoms with Gasteiger partial charge in [0.05, 0.1) is 17.0 Å². The van der Waals surface area contributed by atoms with Crippen LogP contribution in [0.1, 0.15) is 0 Å². The minimum atomic E-state index is 0.318. The first kappa shape index (κ1) is 17.1. The monoisotopic (exact) mass is 431 g/mol. The zero-order valence-electron chi connectivity index (χ0n) is 15.3. The maximum atomic E-state index is 6.20. The molecule has 140 valence electrons. The maximum absolute atomic E-state index is 6.20. The molecule has 0 radical (unpaired) electrons. The van der Waals surface area contributed by atoms with E-state index in [0.717, 1.165) is 19.6 Å². The molecule has 0 saturated carbocycles. The number of nitrogens with zero attached hydrogens (tertiary/aromatic N) is 2. The number of H-pyrrole nitrogens is 1. The second-order valence-corrected chi connectivity index (χ2v) is 10.5. The molecule has 1 aromatic heterocycles. The Morgan fingerprint density at radius 2 is 1.41 bits per heavy atom. The fourth-order valence-electron chi connectivity index (χ4n) is 3.90. The van der Waals surface area contributed by atoms with Crippen molar-refractivity contribution in [1.82, 2.24) is 13.3 Å². The van der Waals surface area contributed by atoms with Crippen LogP contribution < -0.4 is 4.84 Å². The molecule has 0 aliphatic rings. The molecule has 5 aromatic carbocycles. The van der Waals surface area contributed by atoms with Gasteiger partial charge in [-0.3, -0.25) is 4.51 Å². The number of rotatable bonds is 2. The topological polar surface area (TPSA) is 42.8 Å². The molecule has 0 saturated heterocycles. The lowest BCUT2D eigenvalue weighted by Gasteiger charge is -2.12. The lowest BCUT2D eigenvalue weighted by molar-refractivity contribution is 0.280. The fourth-order valence-corrected chi connectivity index (χ4v) is 6.93. The highest BCUT2D eigenvalue weighted by molar-refractivity contribution is 7.44. The van der Waals surface area contributed by atoms with Gasteiger partial charge >= 0.3 is 0 Å². The Morgan fingerprint density at radius 1 is 0.724 bits per heavy atom. The molecule has 29 heavy (non-hydrogen) atoms. The van der Waals surface area contributed by atoms with Crippen molar-refractivity contribution in [3.63, 3.8) is 0 Å². The Morgan fingerprint density at radius 3 is 2.21 bits per heavy atom. The molecular formula is C22H16N3OP3. The normalized spacial score (nSPS) is 12.3. The summed E-state index contributed by atoms with van der Waals surface area (Å²) in [5.41, 5.74) is 0. The quantitative estimate of drug-likeness (QED) is 0.229. The van der Waals surface area contributed by atoms with Crippen molar-refractivity contribution in [2.24, 2.45) is 0 Å². The predicted molar refractivity (Wildman–Crippen MR) is 128 cm³/mol. The van der Waals surface area contributed by atoms with Crippen molar-refractivity contribution in [3.05, 3.63) is 78.9 Å². The Balaban J connectivity index is 1.64. The molecule has 2 unspecified atom stereocenters. The van der Waals surface area contributed by atoms with E-state index in [1.165, 1.54) is 37.7 Å². The van der Waals surface area contributed by atoms with E-state index < -0.39 is 0 Å². The van der Waals surface area contributed by atoms with Crippen LogP contribution in [0.2, 0.25) is 0 Å². The van der Waals surface area contributed by atoms with Crippen LogP contribution >= 0.6 is 25.5 Å². The molecule has 0 fully saturated rings. The lowest BCUT2D eigenvalue weighted by Crippen LogP contribution is -1.98.